The van der Waals surface area contributed by atoms with Gasteiger partial charge >= 0.3 is 5.97 Å². The Morgan fingerprint density at radius 2 is 2.06 bits per heavy atom. The molecule has 2 fully saturated rings. The topological polar surface area (TPSA) is 94.5 Å². The summed E-state index contributed by atoms with van der Waals surface area (Å²) in [5.74, 6) is 0.737. The molecule has 6 atom stereocenters. The maximum absolute atomic E-state index is 11.6. The number of fused-ring (bicyclic) bond motifs is 1. The van der Waals surface area contributed by atoms with Gasteiger partial charge in [0, 0.05) is 18.3 Å². The van der Waals surface area contributed by atoms with Crippen LogP contribution in [0.5, 0.6) is 5.75 Å². The highest BCUT2D eigenvalue weighted by Crippen LogP contribution is 2.41. The molecule has 3 rings (SSSR count). The van der Waals surface area contributed by atoms with Gasteiger partial charge in [0.2, 0.25) is 0 Å². The number of para-hydroxylation sites is 1. The lowest BCUT2D eigenvalue weighted by molar-refractivity contribution is -0.153. The highest BCUT2D eigenvalue weighted by Gasteiger charge is 2.43. The second-order valence-electron chi connectivity index (χ2n) is 9.44. The van der Waals surface area contributed by atoms with Gasteiger partial charge in [-0.15, -0.1) is 0 Å². The van der Waals surface area contributed by atoms with E-state index in [0.29, 0.717) is 19.6 Å². The molecule has 1 aromatic carbocycles. The van der Waals surface area contributed by atoms with Crippen molar-refractivity contribution in [2.45, 2.75) is 64.4 Å². The molecule has 1 saturated carbocycles. The van der Waals surface area contributed by atoms with Crippen LogP contribution in [0.2, 0.25) is 0 Å². The maximum atomic E-state index is 11.6. The molecule has 1 saturated heterocycles. The van der Waals surface area contributed by atoms with Crippen LogP contribution in [0.4, 0.5) is 0 Å². The van der Waals surface area contributed by atoms with Gasteiger partial charge in [-0.3, -0.25) is 0 Å². The summed E-state index contributed by atoms with van der Waals surface area (Å²) in [6, 6.07) is 7.70. The predicted molar refractivity (Wildman–Crippen MR) is 124 cm³/mol. The molecule has 2 aliphatic rings. The Hall–Kier alpha value is -1.93. The number of carbonyl (C=O) groups is 1. The van der Waals surface area contributed by atoms with Gasteiger partial charge in [0.1, 0.15) is 25.1 Å². The summed E-state index contributed by atoms with van der Waals surface area (Å²) >= 11 is 0. The number of aliphatic hydroxyl groups is 2. The van der Waals surface area contributed by atoms with Gasteiger partial charge in [0.05, 0.1) is 31.5 Å². The van der Waals surface area contributed by atoms with Crippen LogP contribution >= 0.6 is 0 Å². The molecule has 1 heterocycles. The fraction of sp³-hybridized carbons (Fsp3) is 0.654. The van der Waals surface area contributed by atoms with E-state index in [1.54, 1.807) is 6.08 Å². The molecule has 1 aromatic rings. The first-order valence-corrected chi connectivity index (χ1v) is 11.9. The highest BCUT2D eigenvalue weighted by atomic mass is 16.6. The molecular formula is C26H38O7. The van der Waals surface area contributed by atoms with E-state index < -0.39 is 12.2 Å². The molecule has 0 radical (unpaired) electrons. The number of hydrogen-bond donors (Lipinski definition) is 2. The quantitative estimate of drug-likeness (QED) is 0.408. The summed E-state index contributed by atoms with van der Waals surface area (Å²) in [5.41, 5.74) is 1.02. The first-order chi connectivity index (χ1) is 15.8. The number of ether oxygens (including phenoxy) is 4. The van der Waals surface area contributed by atoms with E-state index in [9.17, 15) is 15.0 Å². The van der Waals surface area contributed by atoms with Gasteiger partial charge in [-0.05, 0) is 51.2 Å². The van der Waals surface area contributed by atoms with Gasteiger partial charge < -0.3 is 29.2 Å². The van der Waals surface area contributed by atoms with E-state index in [0.717, 1.165) is 24.2 Å². The third-order valence-corrected chi connectivity index (χ3v) is 6.34. The van der Waals surface area contributed by atoms with Crippen molar-refractivity contribution in [3.8, 4) is 5.75 Å². The molecule has 7 nitrogen and oxygen atoms in total. The van der Waals surface area contributed by atoms with E-state index in [-0.39, 0.29) is 49.1 Å². The summed E-state index contributed by atoms with van der Waals surface area (Å²) in [6.45, 7) is 6.70. The molecule has 33 heavy (non-hydrogen) atoms. The van der Waals surface area contributed by atoms with Crippen LogP contribution < -0.4 is 4.74 Å². The highest BCUT2D eigenvalue weighted by molar-refractivity contribution is 5.70. The smallest absolute Gasteiger partial charge is 0.332 e. The molecule has 0 spiro atoms. The van der Waals surface area contributed by atoms with Gasteiger partial charge in [0.15, 0.2) is 0 Å². The first-order valence-electron chi connectivity index (χ1n) is 11.9. The SMILES string of the molecule is Cc1ccccc1OC[C@H](O)/C=C/[C@@H]1[C@H]2CC[C@H](COCC(=O)OC(C)C)CO[C@H]2C[C@H]1O. The molecule has 1 aliphatic carbocycles. The molecule has 0 amide bonds. The Balaban J connectivity index is 1.46. The van der Waals surface area contributed by atoms with E-state index in [1.165, 1.54) is 0 Å². The Morgan fingerprint density at radius 1 is 1.27 bits per heavy atom. The van der Waals surface area contributed by atoms with Crippen molar-refractivity contribution in [3.63, 3.8) is 0 Å². The van der Waals surface area contributed by atoms with Crippen molar-refractivity contribution in [2.24, 2.45) is 17.8 Å². The zero-order chi connectivity index (χ0) is 23.8. The van der Waals surface area contributed by atoms with Crippen LogP contribution in [0.25, 0.3) is 0 Å². The number of hydrogen-bond acceptors (Lipinski definition) is 7. The second kappa shape index (κ2) is 12.5. The van der Waals surface area contributed by atoms with Gasteiger partial charge in [-0.2, -0.15) is 0 Å². The second-order valence-corrected chi connectivity index (χ2v) is 9.44. The fourth-order valence-corrected chi connectivity index (χ4v) is 4.66. The molecular weight excluding hydrogens is 424 g/mol. The van der Waals surface area contributed by atoms with E-state index in [2.05, 4.69) is 0 Å². The van der Waals surface area contributed by atoms with Crippen molar-refractivity contribution >= 4 is 5.97 Å². The zero-order valence-electron chi connectivity index (χ0n) is 19.9. The number of aliphatic hydroxyl groups excluding tert-OH is 2. The van der Waals surface area contributed by atoms with E-state index >= 15 is 0 Å². The zero-order valence-corrected chi connectivity index (χ0v) is 19.9. The average molecular weight is 463 g/mol. The van der Waals surface area contributed by atoms with E-state index in [1.807, 2.05) is 51.1 Å². The van der Waals surface area contributed by atoms with Crippen LogP contribution in [0, 0.1) is 24.7 Å². The Morgan fingerprint density at radius 3 is 2.82 bits per heavy atom. The minimum atomic E-state index is -0.755. The largest absolute Gasteiger partial charge is 0.490 e. The number of esters is 1. The summed E-state index contributed by atoms with van der Waals surface area (Å²) in [4.78, 5) is 11.6. The third-order valence-electron chi connectivity index (χ3n) is 6.34. The Labute approximate surface area is 196 Å². The lowest BCUT2D eigenvalue weighted by Crippen LogP contribution is -2.22. The lowest BCUT2D eigenvalue weighted by Gasteiger charge is -2.21. The van der Waals surface area contributed by atoms with E-state index in [4.69, 9.17) is 18.9 Å². The maximum Gasteiger partial charge on any atom is 0.332 e. The normalized spacial score (nSPS) is 28.5. The van der Waals surface area contributed by atoms with Gasteiger partial charge in [0.25, 0.3) is 0 Å². The van der Waals surface area contributed by atoms with Gasteiger partial charge in [-0.25, -0.2) is 4.79 Å². The molecule has 7 heteroatoms. The number of aryl methyl sites for hydroxylation is 1. The molecule has 1 aliphatic heterocycles. The molecule has 0 bridgehead atoms. The van der Waals surface area contributed by atoms with Crippen molar-refractivity contribution in [3.05, 3.63) is 42.0 Å². The first kappa shape index (κ1) is 25.7. The van der Waals surface area contributed by atoms with Crippen molar-refractivity contribution < 1.29 is 34.0 Å². The molecule has 2 N–H and O–H groups in total. The Bertz CT molecular complexity index is 778. The van der Waals surface area contributed by atoms with Crippen LogP contribution in [0.15, 0.2) is 36.4 Å². The van der Waals surface area contributed by atoms with Crippen molar-refractivity contribution in [1.82, 2.24) is 0 Å². The summed E-state index contributed by atoms with van der Waals surface area (Å²) in [5, 5.41) is 20.9. The fourth-order valence-electron chi connectivity index (χ4n) is 4.66. The summed E-state index contributed by atoms with van der Waals surface area (Å²) < 4.78 is 22.5. The predicted octanol–water partition coefficient (Wildman–Crippen LogP) is 3.05. The van der Waals surface area contributed by atoms with Crippen LogP contribution in [-0.4, -0.2) is 67.0 Å². The lowest BCUT2D eigenvalue weighted by atomic mass is 9.87. The Kier molecular flexibility index (Phi) is 9.74. The summed E-state index contributed by atoms with van der Waals surface area (Å²) in [7, 11) is 0. The minimum Gasteiger partial charge on any atom is -0.490 e. The molecule has 184 valence electrons. The standard InChI is InChI=1S/C26H38O7/c1-17(2)33-26(29)16-30-13-19-8-10-22-21(23(28)12-25(22)31-14-19)11-9-20(27)15-32-24-7-5-4-6-18(24)3/h4-7,9,11,17,19-23,25,27-28H,8,10,12-16H2,1-3H3/b11-9+/t19-,20-,21-,22-,23-,25+/m1/s1. The summed E-state index contributed by atoms with van der Waals surface area (Å²) in [6.07, 6.45) is 4.63. The third kappa shape index (κ3) is 7.81. The number of benzene rings is 1. The van der Waals surface area contributed by atoms with Crippen molar-refractivity contribution in [2.75, 3.05) is 26.4 Å². The number of rotatable bonds is 10. The van der Waals surface area contributed by atoms with Crippen LogP contribution in [0.3, 0.4) is 0 Å². The van der Waals surface area contributed by atoms with Gasteiger partial charge in [-0.1, -0.05) is 30.4 Å². The molecule has 0 unspecified atom stereocenters. The molecule has 0 aromatic heterocycles. The minimum absolute atomic E-state index is 0.00841. The van der Waals surface area contributed by atoms with Crippen LogP contribution in [0.1, 0.15) is 38.7 Å². The van der Waals surface area contributed by atoms with Crippen LogP contribution in [-0.2, 0) is 19.0 Å². The number of carbonyl (C=O) groups excluding carboxylic acids is 1. The average Bonchev–Trinajstić information content (AvgIpc) is 2.92. The monoisotopic (exact) mass is 462 g/mol. The van der Waals surface area contributed by atoms with Crippen molar-refractivity contribution in [1.29, 1.82) is 0 Å².